The van der Waals surface area contributed by atoms with Crippen molar-refractivity contribution in [3.8, 4) is 11.8 Å². The van der Waals surface area contributed by atoms with Gasteiger partial charge in [-0.05, 0) is 30.3 Å². The Bertz CT molecular complexity index is 1110. The standard InChI is InChI=1S/C20H18F3N3O4S/c21-20(22,23)16-5-3-6-17(12-16)31(28,29)26-10-8-25(9-11-26)19(27)14-30-18-7-2-1-4-15(18)13-24/h1-7,12H,8-11,14H2. The van der Waals surface area contributed by atoms with Gasteiger partial charge in [0.15, 0.2) is 6.61 Å². The van der Waals surface area contributed by atoms with Crippen molar-refractivity contribution in [3.63, 3.8) is 0 Å². The number of rotatable bonds is 5. The number of sulfonamides is 1. The van der Waals surface area contributed by atoms with Crippen LogP contribution >= 0.6 is 0 Å². The Morgan fingerprint density at radius 1 is 1.06 bits per heavy atom. The van der Waals surface area contributed by atoms with Crippen molar-refractivity contribution < 1.29 is 31.1 Å². The highest BCUT2D eigenvalue weighted by molar-refractivity contribution is 7.89. The second-order valence-corrected chi connectivity index (χ2v) is 8.65. The quantitative estimate of drug-likeness (QED) is 0.694. The molecule has 1 saturated heterocycles. The van der Waals surface area contributed by atoms with Crippen molar-refractivity contribution >= 4 is 15.9 Å². The monoisotopic (exact) mass is 453 g/mol. The van der Waals surface area contributed by atoms with E-state index in [1.54, 1.807) is 24.3 Å². The third-order valence-corrected chi connectivity index (χ3v) is 6.64. The molecular formula is C20H18F3N3O4S. The van der Waals surface area contributed by atoms with Gasteiger partial charge in [-0.25, -0.2) is 8.42 Å². The number of piperazine rings is 1. The van der Waals surface area contributed by atoms with Crippen LogP contribution in [0.4, 0.5) is 13.2 Å². The molecule has 164 valence electrons. The molecular weight excluding hydrogens is 435 g/mol. The summed E-state index contributed by atoms with van der Waals surface area (Å²) in [6.45, 7) is -0.294. The smallest absolute Gasteiger partial charge is 0.416 e. The lowest BCUT2D eigenvalue weighted by Crippen LogP contribution is -2.51. The van der Waals surface area contributed by atoms with Crippen LogP contribution in [0.25, 0.3) is 0 Å². The number of benzene rings is 2. The second-order valence-electron chi connectivity index (χ2n) is 6.71. The third kappa shape index (κ3) is 5.15. The van der Waals surface area contributed by atoms with Gasteiger partial charge in [-0.2, -0.15) is 22.7 Å². The molecule has 11 heteroatoms. The molecule has 0 bridgehead atoms. The minimum absolute atomic E-state index is 0.0564. The average Bonchev–Trinajstić information content (AvgIpc) is 2.77. The highest BCUT2D eigenvalue weighted by Crippen LogP contribution is 2.31. The molecule has 0 aliphatic carbocycles. The number of nitriles is 1. The normalized spacial score (nSPS) is 15.4. The summed E-state index contributed by atoms with van der Waals surface area (Å²) < 4.78 is 70.6. The first-order chi connectivity index (χ1) is 14.6. The van der Waals surface area contributed by atoms with Crippen LogP contribution in [0.3, 0.4) is 0 Å². The maximum atomic E-state index is 12.9. The van der Waals surface area contributed by atoms with Gasteiger partial charge in [0, 0.05) is 26.2 Å². The lowest BCUT2D eigenvalue weighted by molar-refractivity contribution is -0.138. The lowest BCUT2D eigenvalue weighted by Gasteiger charge is -2.34. The van der Waals surface area contributed by atoms with Crippen LogP contribution in [-0.4, -0.2) is 56.3 Å². The van der Waals surface area contributed by atoms with Crippen molar-refractivity contribution in [1.82, 2.24) is 9.21 Å². The Kier molecular flexibility index (Phi) is 6.52. The molecule has 2 aromatic carbocycles. The van der Waals surface area contributed by atoms with Gasteiger partial charge >= 0.3 is 6.18 Å². The van der Waals surface area contributed by atoms with Gasteiger partial charge in [-0.3, -0.25) is 4.79 Å². The Hall–Kier alpha value is -3.10. The van der Waals surface area contributed by atoms with E-state index in [2.05, 4.69) is 0 Å². The van der Waals surface area contributed by atoms with Crippen LogP contribution in [0.2, 0.25) is 0 Å². The molecule has 0 saturated carbocycles. The fourth-order valence-corrected chi connectivity index (χ4v) is 4.54. The van der Waals surface area contributed by atoms with Crippen LogP contribution in [0.1, 0.15) is 11.1 Å². The molecule has 3 rings (SSSR count). The minimum Gasteiger partial charge on any atom is -0.482 e. The van der Waals surface area contributed by atoms with Gasteiger partial charge < -0.3 is 9.64 Å². The Morgan fingerprint density at radius 2 is 1.74 bits per heavy atom. The number of amides is 1. The Morgan fingerprint density at radius 3 is 2.39 bits per heavy atom. The van der Waals surface area contributed by atoms with E-state index >= 15 is 0 Å². The number of hydrogen-bond donors (Lipinski definition) is 0. The maximum absolute atomic E-state index is 12.9. The highest BCUT2D eigenvalue weighted by atomic mass is 32.2. The third-order valence-electron chi connectivity index (χ3n) is 4.75. The van der Waals surface area contributed by atoms with E-state index in [1.165, 1.54) is 4.90 Å². The second kappa shape index (κ2) is 8.95. The first kappa shape index (κ1) is 22.6. The fraction of sp³-hybridized carbons (Fsp3) is 0.300. The number of carbonyl (C=O) groups excluding carboxylic acids is 1. The zero-order valence-electron chi connectivity index (χ0n) is 16.2. The first-order valence-corrected chi connectivity index (χ1v) is 10.6. The predicted octanol–water partition coefficient (Wildman–Crippen LogP) is 2.49. The molecule has 2 aromatic rings. The molecule has 0 atom stereocenters. The Labute approximate surface area is 177 Å². The van der Waals surface area contributed by atoms with Gasteiger partial charge in [-0.1, -0.05) is 18.2 Å². The van der Waals surface area contributed by atoms with Crippen molar-refractivity contribution in [3.05, 3.63) is 59.7 Å². The number of hydrogen-bond acceptors (Lipinski definition) is 5. The SMILES string of the molecule is N#Cc1ccccc1OCC(=O)N1CCN(S(=O)(=O)c2cccc(C(F)(F)F)c2)CC1. The molecule has 1 fully saturated rings. The van der Waals surface area contributed by atoms with Crippen LogP contribution in [0.5, 0.6) is 5.75 Å². The number of ether oxygens (including phenoxy) is 1. The summed E-state index contributed by atoms with van der Waals surface area (Å²) in [7, 11) is -4.13. The van der Waals surface area contributed by atoms with Crippen molar-refractivity contribution in [1.29, 1.82) is 5.26 Å². The topological polar surface area (TPSA) is 90.7 Å². The van der Waals surface area contributed by atoms with E-state index in [4.69, 9.17) is 10.00 Å². The zero-order chi connectivity index (χ0) is 22.6. The van der Waals surface area contributed by atoms with Crippen LogP contribution in [0, 0.1) is 11.3 Å². The van der Waals surface area contributed by atoms with E-state index in [0.717, 1.165) is 22.5 Å². The molecule has 1 aliphatic rings. The number of carbonyl (C=O) groups is 1. The van der Waals surface area contributed by atoms with Crippen LogP contribution in [-0.2, 0) is 21.0 Å². The van der Waals surface area contributed by atoms with Gasteiger partial charge in [0.05, 0.1) is 16.0 Å². The molecule has 0 radical (unpaired) electrons. The summed E-state index contributed by atoms with van der Waals surface area (Å²) >= 11 is 0. The predicted molar refractivity (Wildman–Crippen MR) is 103 cm³/mol. The van der Waals surface area contributed by atoms with Crippen molar-refractivity contribution in [2.75, 3.05) is 32.8 Å². The molecule has 1 amide bonds. The first-order valence-electron chi connectivity index (χ1n) is 9.20. The lowest BCUT2D eigenvalue weighted by atomic mass is 10.2. The van der Waals surface area contributed by atoms with Crippen LogP contribution < -0.4 is 4.74 Å². The summed E-state index contributed by atoms with van der Waals surface area (Å²) in [6, 6.07) is 12.0. The van der Waals surface area contributed by atoms with E-state index in [1.807, 2.05) is 6.07 Å². The number of para-hydroxylation sites is 1. The van der Waals surface area contributed by atoms with E-state index in [0.29, 0.717) is 6.07 Å². The largest absolute Gasteiger partial charge is 0.482 e. The fourth-order valence-electron chi connectivity index (χ4n) is 3.08. The number of halogens is 3. The van der Waals surface area contributed by atoms with Gasteiger partial charge in [0.25, 0.3) is 5.91 Å². The molecule has 0 aromatic heterocycles. The molecule has 1 aliphatic heterocycles. The maximum Gasteiger partial charge on any atom is 0.416 e. The van der Waals surface area contributed by atoms with Gasteiger partial charge in [0.1, 0.15) is 11.8 Å². The molecule has 1 heterocycles. The summed E-state index contributed by atoms with van der Waals surface area (Å²) in [5, 5.41) is 9.04. The van der Waals surface area contributed by atoms with Gasteiger partial charge in [-0.15, -0.1) is 0 Å². The molecule has 0 spiro atoms. The average molecular weight is 453 g/mol. The minimum atomic E-state index is -4.65. The molecule has 0 unspecified atom stereocenters. The molecule has 0 N–H and O–H groups in total. The molecule has 31 heavy (non-hydrogen) atoms. The van der Waals surface area contributed by atoms with Gasteiger partial charge in [0.2, 0.25) is 10.0 Å². The summed E-state index contributed by atoms with van der Waals surface area (Å²) in [5.74, 6) is -0.118. The Balaban J connectivity index is 1.61. The zero-order valence-corrected chi connectivity index (χ0v) is 17.0. The van der Waals surface area contributed by atoms with Crippen molar-refractivity contribution in [2.45, 2.75) is 11.1 Å². The van der Waals surface area contributed by atoms with E-state index in [-0.39, 0.29) is 50.0 Å². The number of nitrogens with zero attached hydrogens (tertiary/aromatic N) is 3. The molecule has 7 nitrogen and oxygen atoms in total. The summed E-state index contributed by atoms with van der Waals surface area (Å²) in [6.07, 6.45) is -4.65. The summed E-state index contributed by atoms with van der Waals surface area (Å²) in [4.78, 5) is 13.3. The highest BCUT2D eigenvalue weighted by Gasteiger charge is 2.34. The van der Waals surface area contributed by atoms with E-state index < -0.39 is 26.7 Å². The van der Waals surface area contributed by atoms with Crippen molar-refractivity contribution in [2.24, 2.45) is 0 Å². The van der Waals surface area contributed by atoms with E-state index in [9.17, 15) is 26.4 Å². The van der Waals surface area contributed by atoms with Crippen LogP contribution in [0.15, 0.2) is 53.4 Å². The number of alkyl halides is 3. The summed E-state index contributed by atoms with van der Waals surface area (Å²) in [5.41, 5.74) is -0.760.